The van der Waals surface area contributed by atoms with Crippen LogP contribution in [0.4, 0.5) is 0 Å². The van der Waals surface area contributed by atoms with Crippen molar-refractivity contribution in [3.8, 4) is 0 Å². The predicted octanol–water partition coefficient (Wildman–Crippen LogP) is -4.18. The molecule has 0 radical (unpaired) electrons. The SMILES string of the molecule is CC[O-].CC[O-].CC[O-].CC[O-].CC[O-].CC[O-].[Hf+4].[Mg+2]. The molecular weight excluding hydrogens is 443 g/mol. The van der Waals surface area contributed by atoms with Crippen LogP contribution in [0.2, 0.25) is 0 Å². The van der Waals surface area contributed by atoms with Crippen molar-refractivity contribution in [2.75, 3.05) is 39.6 Å². The molecule has 20 heavy (non-hydrogen) atoms. The molecule has 0 aromatic rings. The van der Waals surface area contributed by atoms with Crippen molar-refractivity contribution < 1.29 is 56.5 Å². The largest absolute Gasteiger partial charge is 4.00 e. The minimum atomic E-state index is 0. The van der Waals surface area contributed by atoms with Gasteiger partial charge in [0, 0.05) is 0 Å². The molecule has 0 unspecified atom stereocenters. The first-order chi connectivity index (χ1) is 8.49. The van der Waals surface area contributed by atoms with E-state index in [1.807, 2.05) is 0 Å². The molecule has 0 atom stereocenters. The molecule has 0 aliphatic carbocycles. The van der Waals surface area contributed by atoms with Crippen LogP contribution in [0.3, 0.4) is 0 Å². The van der Waals surface area contributed by atoms with E-state index >= 15 is 0 Å². The molecule has 0 saturated heterocycles. The van der Waals surface area contributed by atoms with Crippen LogP contribution in [0.5, 0.6) is 0 Å². The fourth-order valence-corrected chi connectivity index (χ4v) is 0. The summed E-state index contributed by atoms with van der Waals surface area (Å²) in [5.41, 5.74) is 0. The van der Waals surface area contributed by atoms with Gasteiger partial charge in [0.05, 0.1) is 0 Å². The Morgan fingerprint density at radius 2 is 0.400 bits per heavy atom. The van der Waals surface area contributed by atoms with E-state index < -0.39 is 0 Å². The molecule has 0 rings (SSSR count). The summed E-state index contributed by atoms with van der Waals surface area (Å²) >= 11 is 0. The standard InChI is InChI=1S/6C2H5O.Hf.Mg/c6*1-2-3;;/h6*2H2,1H3;;/q6*-1;+4;+2. The first-order valence-electron chi connectivity index (χ1n) is 5.97. The zero-order valence-corrected chi connectivity index (χ0v) is 18.9. The minimum Gasteiger partial charge on any atom is -0.855 e. The summed E-state index contributed by atoms with van der Waals surface area (Å²) in [6, 6.07) is 0. The maximum Gasteiger partial charge on any atom is 4.00 e. The second-order valence-corrected chi connectivity index (χ2v) is 1.73. The van der Waals surface area contributed by atoms with Crippen molar-refractivity contribution in [3.05, 3.63) is 0 Å². The van der Waals surface area contributed by atoms with Gasteiger partial charge in [-0.3, -0.25) is 0 Å². The van der Waals surface area contributed by atoms with Crippen molar-refractivity contribution in [1.29, 1.82) is 0 Å². The Bertz CT molecular complexity index is 43.4. The maximum absolute atomic E-state index is 8.93. The zero-order valence-electron chi connectivity index (χ0n) is 13.9. The Morgan fingerprint density at radius 3 is 0.400 bits per heavy atom. The average Bonchev–Trinajstić information content (AvgIpc) is 2.23. The molecule has 0 bridgehead atoms. The van der Waals surface area contributed by atoms with Crippen molar-refractivity contribution in [1.82, 2.24) is 0 Å². The van der Waals surface area contributed by atoms with E-state index in [9.17, 15) is 0 Å². The van der Waals surface area contributed by atoms with Crippen LogP contribution in [0.25, 0.3) is 0 Å². The topological polar surface area (TPSA) is 138 Å². The van der Waals surface area contributed by atoms with Gasteiger partial charge in [-0.25, -0.2) is 0 Å². The Labute approximate surface area is 160 Å². The minimum absolute atomic E-state index is 0. The van der Waals surface area contributed by atoms with E-state index in [0.717, 1.165) is 0 Å². The normalized spacial score (nSPS) is 5.40. The third-order valence-corrected chi connectivity index (χ3v) is 0. The monoisotopic (exact) mass is 474 g/mol. The summed E-state index contributed by atoms with van der Waals surface area (Å²) in [4.78, 5) is 0. The predicted molar refractivity (Wildman–Crippen MR) is 69.0 cm³/mol. The maximum atomic E-state index is 8.93. The van der Waals surface area contributed by atoms with E-state index in [0.29, 0.717) is 0 Å². The van der Waals surface area contributed by atoms with Gasteiger partial charge in [-0.1, -0.05) is 41.5 Å². The molecular formula is C12H30HfMgO6. The van der Waals surface area contributed by atoms with E-state index in [4.69, 9.17) is 30.6 Å². The molecule has 0 aromatic carbocycles. The van der Waals surface area contributed by atoms with E-state index in [2.05, 4.69) is 0 Å². The van der Waals surface area contributed by atoms with Crippen molar-refractivity contribution in [3.63, 3.8) is 0 Å². The first kappa shape index (κ1) is 49.6. The molecule has 0 spiro atoms. The second kappa shape index (κ2) is 140. The third kappa shape index (κ3) is 3370. The van der Waals surface area contributed by atoms with Gasteiger partial charge in [0.15, 0.2) is 0 Å². The van der Waals surface area contributed by atoms with Gasteiger partial charge in [-0.2, -0.15) is 0 Å². The van der Waals surface area contributed by atoms with Crippen LogP contribution in [-0.4, -0.2) is 62.7 Å². The van der Waals surface area contributed by atoms with E-state index in [1.165, 1.54) is 0 Å². The summed E-state index contributed by atoms with van der Waals surface area (Å²) in [5, 5.41) is 53.6. The summed E-state index contributed by atoms with van der Waals surface area (Å²) in [6.45, 7) is 9.42. The molecule has 6 nitrogen and oxygen atoms in total. The van der Waals surface area contributed by atoms with Crippen LogP contribution in [-0.2, 0) is 25.8 Å². The van der Waals surface area contributed by atoms with E-state index in [1.54, 1.807) is 41.5 Å². The molecule has 8 heteroatoms. The summed E-state index contributed by atoms with van der Waals surface area (Å²) < 4.78 is 0. The van der Waals surface area contributed by atoms with Gasteiger partial charge in [0.1, 0.15) is 0 Å². The smallest absolute Gasteiger partial charge is 0.855 e. The fourth-order valence-electron chi connectivity index (χ4n) is 0. The van der Waals surface area contributed by atoms with Gasteiger partial charge in [-0.05, 0) is 0 Å². The molecule has 0 heterocycles. The van der Waals surface area contributed by atoms with Crippen LogP contribution in [0, 0.1) is 0 Å². The quantitative estimate of drug-likeness (QED) is 0.328. The number of hydrogen-bond donors (Lipinski definition) is 0. The Kier molecular flexibility index (Phi) is 348. The van der Waals surface area contributed by atoms with Gasteiger partial charge < -0.3 is 30.6 Å². The van der Waals surface area contributed by atoms with Crippen LogP contribution < -0.4 is 30.6 Å². The fraction of sp³-hybridized carbons (Fsp3) is 1.00. The number of rotatable bonds is 0. The first-order valence-corrected chi connectivity index (χ1v) is 5.97. The number of hydrogen-bond acceptors (Lipinski definition) is 6. The van der Waals surface area contributed by atoms with Crippen LogP contribution >= 0.6 is 0 Å². The van der Waals surface area contributed by atoms with Crippen molar-refractivity contribution in [2.24, 2.45) is 0 Å². The van der Waals surface area contributed by atoms with Gasteiger partial charge in [0.25, 0.3) is 0 Å². The summed E-state index contributed by atoms with van der Waals surface area (Å²) in [5.74, 6) is 0. The Hall–Kier alpha value is 1.40. The molecule has 120 valence electrons. The van der Waals surface area contributed by atoms with Crippen molar-refractivity contribution in [2.45, 2.75) is 41.5 Å². The molecule has 0 N–H and O–H groups in total. The molecule has 0 aliphatic rings. The second-order valence-electron chi connectivity index (χ2n) is 1.73. The van der Waals surface area contributed by atoms with Crippen LogP contribution in [0.1, 0.15) is 41.5 Å². The zero-order chi connectivity index (χ0) is 16.2. The van der Waals surface area contributed by atoms with Crippen LogP contribution in [0.15, 0.2) is 0 Å². The molecule has 0 aromatic heterocycles. The molecule has 0 fully saturated rings. The van der Waals surface area contributed by atoms with Gasteiger partial charge in [-0.15, -0.1) is 39.6 Å². The summed E-state index contributed by atoms with van der Waals surface area (Å²) in [7, 11) is 0. The molecule has 0 amide bonds. The Morgan fingerprint density at radius 1 is 0.400 bits per heavy atom. The summed E-state index contributed by atoms with van der Waals surface area (Å²) in [6.07, 6.45) is 0. The van der Waals surface area contributed by atoms with Gasteiger partial charge in [0.2, 0.25) is 0 Å². The van der Waals surface area contributed by atoms with Crippen molar-refractivity contribution >= 4 is 23.1 Å². The molecule has 0 saturated carbocycles. The Balaban J connectivity index is -0.0000000141. The van der Waals surface area contributed by atoms with Gasteiger partial charge >= 0.3 is 48.9 Å². The van der Waals surface area contributed by atoms with E-state index in [-0.39, 0.29) is 88.5 Å². The average molecular weight is 473 g/mol. The molecule has 0 aliphatic heterocycles. The third-order valence-electron chi connectivity index (χ3n) is 0.